The molecule has 2 aliphatic rings. The number of carboxylic acid groups (broad SMARTS) is 1. The molecule has 1 aliphatic carbocycles. The second-order valence-electron chi connectivity index (χ2n) is 5.69. The Morgan fingerprint density at radius 2 is 1.94 bits per heavy atom. The van der Waals surface area contributed by atoms with Gasteiger partial charge in [-0.25, -0.2) is 0 Å². The Balaban J connectivity index is 2.15. The second-order valence-corrected chi connectivity index (χ2v) is 5.69. The van der Waals surface area contributed by atoms with Gasteiger partial charge in [0.05, 0.1) is 17.1 Å². The van der Waals surface area contributed by atoms with Crippen LogP contribution in [0.1, 0.15) is 51.9 Å². The molecule has 0 aromatic rings. The first kappa shape index (κ1) is 12.8. The van der Waals surface area contributed by atoms with Crippen LogP contribution in [-0.4, -0.2) is 34.5 Å². The molecule has 1 saturated heterocycles. The van der Waals surface area contributed by atoms with Crippen LogP contribution in [0.5, 0.6) is 0 Å². The van der Waals surface area contributed by atoms with E-state index in [1.165, 1.54) is 0 Å². The van der Waals surface area contributed by atoms with Gasteiger partial charge >= 0.3 is 5.97 Å². The van der Waals surface area contributed by atoms with Crippen molar-refractivity contribution in [3.05, 3.63) is 0 Å². The number of hydrogen-bond donors (Lipinski definition) is 2. The van der Waals surface area contributed by atoms with Gasteiger partial charge in [-0.3, -0.25) is 4.79 Å². The fourth-order valence-corrected chi connectivity index (χ4v) is 3.34. The van der Waals surface area contributed by atoms with Gasteiger partial charge in [-0.1, -0.05) is 19.3 Å². The van der Waals surface area contributed by atoms with Gasteiger partial charge in [0, 0.05) is 6.61 Å². The van der Waals surface area contributed by atoms with Crippen molar-refractivity contribution in [3.63, 3.8) is 0 Å². The van der Waals surface area contributed by atoms with Crippen LogP contribution in [-0.2, 0) is 9.53 Å². The molecule has 2 N–H and O–H groups in total. The molecule has 0 aromatic carbocycles. The van der Waals surface area contributed by atoms with Crippen molar-refractivity contribution < 1.29 is 19.7 Å². The van der Waals surface area contributed by atoms with E-state index in [0.717, 1.165) is 32.1 Å². The molecule has 4 nitrogen and oxygen atoms in total. The van der Waals surface area contributed by atoms with Crippen LogP contribution in [0.3, 0.4) is 0 Å². The highest BCUT2D eigenvalue weighted by Gasteiger charge is 2.52. The summed E-state index contributed by atoms with van der Waals surface area (Å²) in [7, 11) is 0. The van der Waals surface area contributed by atoms with Gasteiger partial charge in [0.2, 0.25) is 0 Å². The monoisotopic (exact) mass is 242 g/mol. The summed E-state index contributed by atoms with van der Waals surface area (Å²) >= 11 is 0. The largest absolute Gasteiger partial charge is 0.481 e. The van der Waals surface area contributed by atoms with Crippen molar-refractivity contribution in [1.82, 2.24) is 0 Å². The van der Waals surface area contributed by atoms with E-state index in [-0.39, 0.29) is 6.10 Å². The first-order valence-electron chi connectivity index (χ1n) is 6.56. The van der Waals surface area contributed by atoms with Crippen LogP contribution >= 0.6 is 0 Å². The van der Waals surface area contributed by atoms with Crippen LogP contribution in [0, 0.1) is 5.41 Å². The zero-order chi connectivity index (χ0) is 12.5. The highest BCUT2D eigenvalue weighted by Crippen LogP contribution is 2.45. The number of carboxylic acids is 1. The molecule has 2 fully saturated rings. The molecular weight excluding hydrogens is 220 g/mol. The molecule has 2 unspecified atom stereocenters. The summed E-state index contributed by atoms with van der Waals surface area (Å²) in [6.07, 6.45) is 5.18. The molecule has 2 atom stereocenters. The van der Waals surface area contributed by atoms with Crippen LogP contribution in [0.4, 0.5) is 0 Å². The summed E-state index contributed by atoms with van der Waals surface area (Å²) < 4.78 is 5.42. The second kappa shape index (κ2) is 4.58. The first-order chi connectivity index (χ1) is 7.99. The van der Waals surface area contributed by atoms with Crippen molar-refractivity contribution in [3.8, 4) is 0 Å². The number of aliphatic hydroxyl groups is 1. The molecule has 1 saturated carbocycles. The van der Waals surface area contributed by atoms with Crippen LogP contribution in [0.15, 0.2) is 0 Å². The van der Waals surface area contributed by atoms with Crippen molar-refractivity contribution in [1.29, 1.82) is 0 Å². The van der Waals surface area contributed by atoms with Gasteiger partial charge in [0.1, 0.15) is 0 Å². The first-order valence-corrected chi connectivity index (χ1v) is 6.56. The highest BCUT2D eigenvalue weighted by molar-refractivity contribution is 5.76. The minimum atomic E-state index is -0.883. The quantitative estimate of drug-likeness (QED) is 0.793. The normalized spacial score (nSPS) is 36.9. The lowest BCUT2D eigenvalue weighted by Gasteiger charge is -2.39. The third-order valence-electron chi connectivity index (χ3n) is 4.55. The third-order valence-corrected chi connectivity index (χ3v) is 4.55. The Hall–Kier alpha value is -0.610. The topological polar surface area (TPSA) is 66.8 Å². The lowest BCUT2D eigenvalue weighted by Crippen LogP contribution is -2.46. The minimum Gasteiger partial charge on any atom is -0.481 e. The molecule has 0 spiro atoms. The SMILES string of the molecule is CC1OCCC1(CC1(O)CCCCC1)C(=O)O. The maximum Gasteiger partial charge on any atom is 0.312 e. The van der Waals surface area contributed by atoms with Crippen LogP contribution < -0.4 is 0 Å². The van der Waals surface area contributed by atoms with Gasteiger partial charge in [-0.15, -0.1) is 0 Å². The average molecular weight is 242 g/mol. The molecule has 1 aliphatic heterocycles. The Morgan fingerprint density at radius 1 is 1.29 bits per heavy atom. The predicted molar refractivity (Wildman–Crippen MR) is 62.8 cm³/mol. The zero-order valence-electron chi connectivity index (χ0n) is 10.4. The summed E-state index contributed by atoms with van der Waals surface area (Å²) in [5.74, 6) is -0.818. The van der Waals surface area contributed by atoms with E-state index in [1.807, 2.05) is 6.92 Å². The number of ether oxygens (including phenoxy) is 1. The molecular formula is C13H22O4. The summed E-state index contributed by atoms with van der Waals surface area (Å²) in [5, 5.41) is 20.0. The van der Waals surface area contributed by atoms with Crippen molar-refractivity contribution in [2.45, 2.75) is 63.6 Å². The molecule has 98 valence electrons. The van der Waals surface area contributed by atoms with Crippen molar-refractivity contribution in [2.24, 2.45) is 5.41 Å². The Morgan fingerprint density at radius 3 is 2.41 bits per heavy atom. The minimum absolute atomic E-state index is 0.300. The molecule has 0 aromatic heterocycles. The van der Waals surface area contributed by atoms with Gasteiger partial charge in [-0.2, -0.15) is 0 Å². The van der Waals surface area contributed by atoms with Crippen molar-refractivity contribution in [2.75, 3.05) is 6.61 Å². The van der Waals surface area contributed by atoms with E-state index in [2.05, 4.69) is 0 Å². The van der Waals surface area contributed by atoms with E-state index in [0.29, 0.717) is 19.4 Å². The maximum atomic E-state index is 11.6. The van der Waals surface area contributed by atoms with Gasteiger partial charge in [-0.05, 0) is 32.6 Å². The molecule has 0 bridgehead atoms. The lowest BCUT2D eigenvalue weighted by molar-refractivity contribution is -0.158. The number of aliphatic carboxylic acids is 1. The molecule has 0 radical (unpaired) electrons. The van der Waals surface area contributed by atoms with E-state index >= 15 is 0 Å². The van der Waals surface area contributed by atoms with Crippen LogP contribution in [0.2, 0.25) is 0 Å². The summed E-state index contributed by atoms with van der Waals surface area (Å²) in [4.78, 5) is 11.6. The Bertz CT molecular complexity index is 296. The number of rotatable bonds is 3. The van der Waals surface area contributed by atoms with Crippen LogP contribution in [0.25, 0.3) is 0 Å². The Kier molecular flexibility index (Phi) is 3.46. The smallest absolute Gasteiger partial charge is 0.312 e. The molecule has 4 heteroatoms. The Labute approximate surface area is 102 Å². The predicted octanol–water partition coefficient (Wildman–Crippen LogP) is 1.95. The van der Waals surface area contributed by atoms with E-state index in [9.17, 15) is 15.0 Å². The lowest BCUT2D eigenvalue weighted by atomic mass is 9.68. The highest BCUT2D eigenvalue weighted by atomic mass is 16.5. The molecule has 2 rings (SSSR count). The van der Waals surface area contributed by atoms with Gasteiger partial charge in [0.25, 0.3) is 0 Å². The van der Waals surface area contributed by atoms with E-state index < -0.39 is 17.0 Å². The van der Waals surface area contributed by atoms with E-state index in [4.69, 9.17) is 4.74 Å². The van der Waals surface area contributed by atoms with Crippen molar-refractivity contribution >= 4 is 5.97 Å². The van der Waals surface area contributed by atoms with E-state index in [1.54, 1.807) is 0 Å². The third kappa shape index (κ3) is 2.33. The number of hydrogen-bond acceptors (Lipinski definition) is 3. The molecule has 1 heterocycles. The maximum absolute atomic E-state index is 11.6. The fourth-order valence-electron chi connectivity index (χ4n) is 3.34. The van der Waals surface area contributed by atoms with Gasteiger partial charge < -0.3 is 14.9 Å². The average Bonchev–Trinajstić information content (AvgIpc) is 2.62. The fraction of sp³-hybridized carbons (Fsp3) is 0.923. The number of carbonyl (C=O) groups is 1. The standard InChI is InChI=1S/C13H22O4/c1-10-13(11(14)15,7-8-17-10)9-12(16)5-3-2-4-6-12/h10,16H,2-9H2,1H3,(H,14,15). The summed E-state index contributed by atoms with van der Waals surface area (Å²) in [5.41, 5.74) is -1.68. The van der Waals surface area contributed by atoms with Gasteiger partial charge in [0.15, 0.2) is 0 Å². The zero-order valence-corrected chi connectivity index (χ0v) is 10.4. The molecule has 0 amide bonds. The molecule has 17 heavy (non-hydrogen) atoms. The summed E-state index contributed by atoms with van der Waals surface area (Å²) in [6, 6.07) is 0. The summed E-state index contributed by atoms with van der Waals surface area (Å²) in [6.45, 7) is 2.30.